The van der Waals surface area contributed by atoms with Crippen molar-refractivity contribution in [3.63, 3.8) is 0 Å². The van der Waals surface area contributed by atoms with E-state index in [9.17, 15) is 9.59 Å². The molecule has 154 valence electrons. The van der Waals surface area contributed by atoms with E-state index in [0.29, 0.717) is 4.91 Å². The Kier molecular flexibility index (Phi) is 5.66. The number of hydrogen-bond donors (Lipinski definition) is 4. The Morgan fingerprint density at radius 3 is 2.45 bits per heavy atom. The minimum Gasteiger partial charge on any atom is -0.481 e. The number of carboxylic acid groups (broad SMARTS) is 1. The number of nitrogens with zero attached hydrogens (tertiary/aromatic N) is 1. The van der Waals surface area contributed by atoms with Crippen LogP contribution >= 0.6 is 11.9 Å². The van der Waals surface area contributed by atoms with Crippen LogP contribution in [0.5, 0.6) is 0 Å². The van der Waals surface area contributed by atoms with Crippen LogP contribution in [0.3, 0.4) is 0 Å². The number of carboxylic acids is 1. The summed E-state index contributed by atoms with van der Waals surface area (Å²) in [7, 11) is 0. The Hall–Kier alpha value is -2.68. The minimum atomic E-state index is -0.945. The van der Waals surface area contributed by atoms with E-state index in [1.54, 1.807) is 0 Å². The van der Waals surface area contributed by atoms with Gasteiger partial charge in [-0.1, -0.05) is 6.07 Å². The topological polar surface area (TPSA) is 126 Å². The summed E-state index contributed by atoms with van der Waals surface area (Å²) in [6, 6.07) is 1.99. The molecule has 0 fully saturated rings. The summed E-state index contributed by atoms with van der Waals surface area (Å²) >= 11 is 1.00. The van der Waals surface area contributed by atoms with Gasteiger partial charge in [-0.05, 0) is 72.7 Å². The number of carbonyl (C=O) groups is 2. The van der Waals surface area contributed by atoms with Crippen molar-refractivity contribution in [1.82, 2.24) is 4.72 Å². The van der Waals surface area contributed by atoms with E-state index in [1.807, 2.05) is 0 Å². The molecule has 0 aromatic heterocycles. The zero-order valence-corrected chi connectivity index (χ0v) is 16.8. The molecule has 0 saturated carbocycles. The Balaban J connectivity index is 1.41. The number of aliphatic imine (C=N–C) groups is 1. The number of anilines is 1. The number of urea groups is 1. The number of aryl methyl sites for hydroxylation is 2. The molecule has 9 heteroatoms. The van der Waals surface area contributed by atoms with E-state index in [-0.39, 0.29) is 25.1 Å². The summed E-state index contributed by atoms with van der Waals surface area (Å²) in [5.41, 5.74) is 11.9. The van der Waals surface area contributed by atoms with Gasteiger partial charge in [0.1, 0.15) is 17.4 Å². The van der Waals surface area contributed by atoms with E-state index >= 15 is 0 Å². The highest BCUT2D eigenvalue weighted by atomic mass is 32.2. The van der Waals surface area contributed by atoms with Gasteiger partial charge in [-0.15, -0.1) is 0 Å². The normalized spacial score (nSPS) is 20.3. The molecule has 5 N–H and O–H groups in total. The summed E-state index contributed by atoms with van der Waals surface area (Å²) in [5.74, 6) is -1.36. The lowest BCUT2D eigenvalue weighted by molar-refractivity contribution is -0.142. The maximum atomic E-state index is 12.6. The standard InChI is InChI=1S/C20H24N4O4S/c21-8-16(18-22-9-13(10-28-18)19(25)26)29-24-20(27)23-17-14-5-1-3-11(14)7-12-4-2-6-15(12)17/h7-8,13H,1-6,9-10,21H2,(H,25,26)(H2,23,24,27)/b16-8+. The third-order valence-electron chi connectivity index (χ3n) is 5.55. The van der Waals surface area contributed by atoms with Gasteiger partial charge in [-0.2, -0.15) is 0 Å². The molecule has 0 saturated heterocycles. The third-order valence-corrected chi connectivity index (χ3v) is 6.37. The van der Waals surface area contributed by atoms with Gasteiger partial charge in [0.05, 0.1) is 6.54 Å². The molecule has 0 spiro atoms. The van der Waals surface area contributed by atoms with Crippen molar-refractivity contribution in [2.75, 3.05) is 18.5 Å². The van der Waals surface area contributed by atoms with Gasteiger partial charge in [-0.3, -0.25) is 9.52 Å². The maximum Gasteiger partial charge on any atom is 0.329 e. The number of nitrogens with two attached hydrogens (primary N) is 1. The Labute approximate surface area is 173 Å². The molecule has 2 aliphatic carbocycles. The number of hydrogen-bond acceptors (Lipinski definition) is 6. The first-order chi connectivity index (χ1) is 14.1. The fourth-order valence-electron chi connectivity index (χ4n) is 4.13. The van der Waals surface area contributed by atoms with E-state index in [2.05, 4.69) is 21.1 Å². The lowest BCUT2D eigenvalue weighted by atomic mass is 9.99. The third kappa shape index (κ3) is 4.05. The molecule has 2 amide bonds. The molecule has 1 aliphatic heterocycles. The molecule has 29 heavy (non-hydrogen) atoms. The van der Waals surface area contributed by atoms with Gasteiger partial charge >= 0.3 is 12.0 Å². The Bertz CT molecular complexity index is 880. The number of fused-ring (bicyclic) bond motifs is 2. The molecule has 1 heterocycles. The molecular formula is C20H24N4O4S. The van der Waals surface area contributed by atoms with Gasteiger partial charge in [0.25, 0.3) is 0 Å². The monoisotopic (exact) mass is 416 g/mol. The fourth-order valence-corrected chi connectivity index (χ4v) is 4.66. The molecule has 1 aromatic carbocycles. The molecule has 0 bridgehead atoms. The van der Waals surface area contributed by atoms with Gasteiger partial charge in [-0.25, -0.2) is 9.79 Å². The lowest BCUT2D eigenvalue weighted by Crippen LogP contribution is -2.31. The van der Waals surface area contributed by atoms with Crippen LogP contribution in [-0.2, 0) is 35.2 Å². The SMILES string of the molecule is N/C=C(/SNC(=O)Nc1c2c(cc3c1CCC3)CCC2)C1=NCC(C(=O)O)CO1. The summed E-state index contributed by atoms with van der Waals surface area (Å²) in [4.78, 5) is 28.1. The largest absolute Gasteiger partial charge is 0.481 e. The van der Waals surface area contributed by atoms with Crippen molar-refractivity contribution >= 4 is 35.5 Å². The van der Waals surface area contributed by atoms with Crippen LogP contribution in [0.4, 0.5) is 10.5 Å². The van der Waals surface area contributed by atoms with Crippen molar-refractivity contribution in [1.29, 1.82) is 0 Å². The van der Waals surface area contributed by atoms with Crippen LogP contribution in [0.1, 0.15) is 35.1 Å². The highest BCUT2D eigenvalue weighted by Crippen LogP contribution is 2.38. The first kappa shape index (κ1) is 19.6. The van der Waals surface area contributed by atoms with Crippen LogP contribution in [0.25, 0.3) is 0 Å². The predicted molar refractivity (Wildman–Crippen MR) is 112 cm³/mol. The highest BCUT2D eigenvalue weighted by molar-refractivity contribution is 8.02. The number of amides is 2. The first-order valence-electron chi connectivity index (χ1n) is 9.79. The van der Waals surface area contributed by atoms with Crippen LogP contribution in [0.2, 0.25) is 0 Å². The molecule has 3 aliphatic rings. The van der Waals surface area contributed by atoms with Gasteiger partial charge in [0.2, 0.25) is 5.90 Å². The van der Waals surface area contributed by atoms with Crippen molar-refractivity contribution in [3.05, 3.63) is 39.4 Å². The molecule has 0 radical (unpaired) electrons. The van der Waals surface area contributed by atoms with Gasteiger partial charge < -0.3 is 20.9 Å². The minimum absolute atomic E-state index is 0.0283. The zero-order valence-electron chi connectivity index (χ0n) is 16.0. The summed E-state index contributed by atoms with van der Waals surface area (Å²) in [5, 5.41) is 12.1. The quantitative estimate of drug-likeness (QED) is 0.546. The van der Waals surface area contributed by atoms with Crippen LogP contribution < -0.4 is 15.8 Å². The Morgan fingerprint density at radius 2 is 1.90 bits per heavy atom. The first-order valence-corrected chi connectivity index (χ1v) is 10.6. The van der Waals surface area contributed by atoms with Crippen molar-refractivity contribution in [2.45, 2.75) is 38.5 Å². The molecule has 1 aromatic rings. The number of aliphatic carboxylic acids is 1. The second-order valence-electron chi connectivity index (χ2n) is 7.42. The van der Waals surface area contributed by atoms with E-state index in [0.717, 1.165) is 56.2 Å². The molecule has 4 rings (SSSR count). The highest BCUT2D eigenvalue weighted by Gasteiger charge is 2.27. The number of rotatable bonds is 5. The average Bonchev–Trinajstić information content (AvgIpc) is 3.38. The van der Waals surface area contributed by atoms with Crippen LogP contribution in [0, 0.1) is 5.92 Å². The number of benzene rings is 1. The number of nitrogens with one attached hydrogen (secondary N) is 2. The second kappa shape index (κ2) is 8.36. The summed E-state index contributed by atoms with van der Waals surface area (Å²) in [6.45, 7) is 0.150. The van der Waals surface area contributed by atoms with Crippen LogP contribution in [0.15, 0.2) is 22.2 Å². The number of ether oxygens (including phenoxy) is 1. The number of carbonyl (C=O) groups excluding carboxylic acids is 1. The van der Waals surface area contributed by atoms with Crippen molar-refractivity contribution in [3.8, 4) is 0 Å². The lowest BCUT2D eigenvalue weighted by Gasteiger charge is -2.20. The van der Waals surface area contributed by atoms with E-state index in [1.165, 1.54) is 28.5 Å². The van der Waals surface area contributed by atoms with Gasteiger partial charge in [0, 0.05) is 11.9 Å². The smallest absolute Gasteiger partial charge is 0.329 e. The zero-order chi connectivity index (χ0) is 20.4. The average molecular weight is 417 g/mol. The van der Waals surface area contributed by atoms with Crippen molar-refractivity contribution < 1.29 is 19.4 Å². The predicted octanol–water partition coefficient (Wildman–Crippen LogP) is 2.36. The van der Waals surface area contributed by atoms with E-state index < -0.39 is 11.9 Å². The van der Waals surface area contributed by atoms with E-state index in [4.69, 9.17) is 15.6 Å². The molecule has 1 unspecified atom stereocenters. The fraction of sp³-hybridized carbons (Fsp3) is 0.450. The molecule has 8 nitrogen and oxygen atoms in total. The molecule has 1 atom stereocenters. The summed E-state index contributed by atoms with van der Waals surface area (Å²) < 4.78 is 8.14. The van der Waals surface area contributed by atoms with Gasteiger partial charge in [0.15, 0.2) is 0 Å². The van der Waals surface area contributed by atoms with Crippen molar-refractivity contribution in [2.24, 2.45) is 16.6 Å². The maximum absolute atomic E-state index is 12.6. The van der Waals surface area contributed by atoms with Crippen LogP contribution in [-0.4, -0.2) is 36.2 Å². The second-order valence-corrected chi connectivity index (χ2v) is 8.26. The summed E-state index contributed by atoms with van der Waals surface area (Å²) in [6.07, 6.45) is 7.67. The Morgan fingerprint density at radius 1 is 1.21 bits per heavy atom. The molecular weight excluding hydrogens is 392 g/mol.